The molecule has 7 heteroatoms. The number of amides is 1. The van der Waals surface area contributed by atoms with Crippen LogP contribution in [0.1, 0.15) is 43.5 Å². The van der Waals surface area contributed by atoms with Gasteiger partial charge in [0.2, 0.25) is 0 Å². The van der Waals surface area contributed by atoms with E-state index in [4.69, 9.17) is 0 Å². The third-order valence-corrected chi connectivity index (χ3v) is 5.54. The number of anilines is 1. The molecule has 7 nitrogen and oxygen atoms in total. The van der Waals surface area contributed by atoms with Crippen molar-refractivity contribution in [3.05, 3.63) is 33.9 Å². The number of likely N-dealkylation sites (tertiary alicyclic amines) is 1. The summed E-state index contributed by atoms with van der Waals surface area (Å²) in [5.74, 6) is 1.12. The molecular formula is C20H30N4O3. The molecule has 2 heterocycles. The molecule has 0 aliphatic carbocycles. The van der Waals surface area contributed by atoms with Crippen molar-refractivity contribution in [3.63, 3.8) is 0 Å². The number of nitro benzene ring substituents is 1. The summed E-state index contributed by atoms with van der Waals surface area (Å²) in [7, 11) is 0. The van der Waals surface area contributed by atoms with E-state index in [1.165, 1.54) is 12.5 Å². The van der Waals surface area contributed by atoms with Gasteiger partial charge in [0.15, 0.2) is 0 Å². The van der Waals surface area contributed by atoms with E-state index in [0.717, 1.165) is 45.6 Å². The molecule has 2 fully saturated rings. The highest BCUT2D eigenvalue weighted by Crippen LogP contribution is 2.31. The zero-order valence-corrected chi connectivity index (χ0v) is 16.3. The smallest absolute Gasteiger partial charge is 0.293 e. The molecule has 0 unspecified atom stereocenters. The quantitative estimate of drug-likeness (QED) is 0.612. The lowest BCUT2D eigenvalue weighted by Crippen LogP contribution is -2.42. The van der Waals surface area contributed by atoms with Gasteiger partial charge in [-0.2, -0.15) is 0 Å². The predicted molar refractivity (Wildman–Crippen MR) is 106 cm³/mol. The minimum atomic E-state index is -0.388. The van der Waals surface area contributed by atoms with Crippen molar-refractivity contribution in [1.29, 1.82) is 0 Å². The number of piperidine rings is 1. The SMILES string of the molecule is C[C@@H]1C[C@H](C)CN(CCNC(=O)c2ccc(N3CCCC3)c([N+](=O)[O-])c2)C1. The highest BCUT2D eigenvalue weighted by Gasteiger charge is 2.24. The van der Waals surface area contributed by atoms with Crippen molar-refractivity contribution in [3.8, 4) is 0 Å². The fraction of sp³-hybridized carbons (Fsp3) is 0.650. The topological polar surface area (TPSA) is 78.7 Å². The second-order valence-corrected chi connectivity index (χ2v) is 8.12. The van der Waals surface area contributed by atoms with Crippen LogP contribution in [-0.2, 0) is 0 Å². The van der Waals surface area contributed by atoms with Gasteiger partial charge in [-0.3, -0.25) is 14.9 Å². The van der Waals surface area contributed by atoms with E-state index in [9.17, 15) is 14.9 Å². The van der Waals surface area contributed by atoms with Crippen LogP contribution in [0.2, 0.25) is 0 Å². The van der Waals surface area contributed by atoms with Gasteiger partial charge in [-0.25, -0.2) is 0 Å². The van der Waals surface area contributed by atoms with Crippen LogP contribution in [0, 0.1) is 22.0 Å². The van der Waals surface area contributed by atoms with Crippen LogP contribution >= 0.6 is 0 Å². The van der Waals surface area contributed by atoms with E-state index in [0.29, 0.717) is 29.6 Å². The lowest BCUT2D eigenvalue weighted by molar-refractivity contribution is -0.384. The molecule has 1 aromatic rings. The van der Waals surface area contributed by atoms with Crippen LogP contribution in [0.15, 0.2) is 18.2 Å². The van der Waals surface area contributed by atoms with Crippen molar-refractivity contribution >= 4 is 17.3 Å². The summed E-state index contributed by atoms with van der Waals surface area (Å²) in [5, 5.41) is 14.4. The van der Waals surface area contributed by atoms with Gasteiger partial charge in [0.1, 0.15) is 5.69 Å². The monoisotopic (exact) mass is 374 g/mol. The molecule has 0 saturated carbocycles. The molecule has 0 aromatic heterocycles. The Hall–Kier alpha value is -2.15. The van der Waals surface area contributed by atoms with Gasteiger partial charge in [-0.05, 0) is 43.2 Å². The highest BCUT2D eigenvalue weighted by molar-refractivity contribution is 5.95. The fourth-order valence-corrected chi connectivity index (χ4v) is 4.44. The van der Waals surface area contributed by atoms with Crippen molar-refractivity contribution < 1.29 is 9.72 Å². The number of nitrogens with one attached hydrogen (secondary N) is 1. The lowest BCUT2D eigenvalue weighted by Gasteiger charge is -2.34. The van der Waals surface area contributed by atoms with E-state index in [2.05, 4.69) is 24.1 Å². The summed E-state index contributed by atoms with van der Waals surface area (Å²) in [6.07, 6.45) is 3.36. The van der Waals surface area contributed by atoms with E-state index in [1.54, 1.807) is 12.1 Å². The van der Waals surface area contributed by atoms with E-state index in [-0.39, 0.29) is 16.5 Å². The maximum Gasteiger partial charge on any atom is 0.293 e. The summed E-state index contributed by atoms with van der Waals surface area (Å²) in [4.78, 5) is 28.0. The largest absolute Gasteiger partial charge is 0.366 e. The summed E-state index contributed by atoms with van der Waals surface area (Å²) in [5.41, 5.74) is 0.985. The van der Waals surface area contributed by atoms with Crippen LogP contribution in [0.3, 0.4) is 0 Å². The van der Waals surface area contributed by atoms with Gasteiger partial charge in [0, 0.05) is 50.9 Å². The van der Waals surface area contributed by atoms with Gasteiger partial charge in [-0.1, -0.05) is 13.8 Å². The van der Waals surface area contributed by atoms with E-state index >= 15 is 0 Å². The van der Waals surface area contributed by atoms with Crippen molar-refractivity contribution in [2.24, 2.45) is 11.8 Å². The molecule has 0 radical (unpaired) electrons. The number of hydrogen-bond acceptors (Lipinski definition) is 5. The van der Waals surface area contributed by atoms with Crippen LogP contribution in [-0.4, -0.2) is 55.0 Å². The molecule has 27 heavy (non-hydrogen) atoms. The summed E-state index contributed by atoms with van der Waals surface area (Å²) < 4.78 is 0. The van der Waals surface area contributed by atoms with Gasteiger partial charge >= 0.3 is 0 Å². The standard InChI is InChI=1S/C20H30N4O3/c1-15-11-16(2)14-22(13-15)10-7-21-20(25)17-5-6-18(19(12-17)24(26)27)23-8-3-4-9-23/h5-6,12,15-16H,3-4,7-11,13-14H2,1-2H3,(H,21,25)/t15-,16+. The van der Waals surface area contributed by atoms with Crippen molar-refractivity contribution in [1.82, 2.24) is 10.2 Å². The van der Waals surface area contributed by atoms with Crippen LogP contribution in [0.5, 0.6) is 0 Å². The van der Waals surface area contributed by atoms with Crippen LogP contribution in [0.4, 0.5) is 11.4 Å². The molecule has 2 saturated heterocycles. The summed E-state index contributed by atoms with van der Waals surface area (Å²) in [6.45, 7) is 9.70. The Kier molecular flexibility index (Phi) is 6.31. The molecule has 1 aromatic carbocycles. The van der Waals surface area contributed by atoms with E-state index < -0.39 is 0 Å². The number of rotatable bonds is 6. The molecule has 0 spiro atoms. The maximum absolute atomic E-state index is 12.5. The molecule has 3 rings (SSSR count). The van der Waals surface area contributed by atoms with Gasteiger partial charge in [0.25, 0.3) is 11.6 Å². The maximum atomic E-state index is 12.5. The third kappa shape index (κ3) is 4.97. The Labute approximate surface area is 160 Å². The van der Waals surface area contributed by atoms with Crippen LogP contribution in [0.25, 0.3) is 0 Å². The van der Waals surface area contributed by atoms with Gasteiger partial charge in [0.05, 0.1) is 4.92 Å². The summed E-state index contributed by atoms with van der Waals surface area (Å²) >= 11 is 0. The second-order valence-electron chi connectivity index (χ2n) is 8.12. The Morgan fingerprint density at radius 2 is 1.89 bits per heavy atom. The predicted octanol–water partition coefficient (Wildman–Crippen LogP) is 2.90. The van der Waals surface area contributed by atoms with E-state index in [1.807, 2.05) is 4.90 Å². The lowest BCUT2D eigenvalue weighted by atomic mass is 9.92. The average molecular weight is 374 g/mol. The minimum Gasteiger partial charge on any atom is -0.366 e. The number of carbonyl (C=O) groups is 1. The molecule has 148 valence electrons. The number of carbonyl (C=O) groups excluding carboxylic acids is 1. The van der Waals surface area contributed by atoms with Crippen LogP contribution < -0.4 is 10.2 Å². The van der Waals surface area contributed by atoms with Crippen molar-refractivity contribution in [2.45, 2.75) is 33.1 Å². The van der Waals surface area contributed by atoms with Crippen molar-refractivity contribution in [2.75, 3.05) is 44.2 Å². The Bertz CT molecular complexity index is 678. The fourth-order valence-electron chi connectivity index (χ4n) is 4.44. The normalized spacial score (nSPS) is 23.4. The number of benzene rings is 1. The first-order chi connectivity index (χ1) is 12.9. The summed E-state index contributed by atoms with van der Waals surface area (Å²) in [6, 6.07) is 4.82. The molecule has 1 N–H and O–H groups in total. The molecule has 1 amide bonds. The molecule has 2 atom stereocenters. The Balaban J connectivity index is 1.59. The Morgan fingerprint density at radius 3 is 2.52 bits per heavy atom. The van der Waals surface area contributed by atoms with Gasteiger partial charge in [-0.15, -0.1) is 0 Å². The molecule has 2 aliphatic heterocycles. The average Bonchev–Trinajstić information content (AvgIpc) is 3.14. The number of hydrogen-bond donors (Lipinski definition) is 1. The first kappa shape index (κ1) is 19.6. The number of nitro groups is 1. The third-order valence-electron chi connectivity index (χ3n) is 5.54. The molecule has 2 aliphatic rings. The first-order valence-electron chi connectivity index (χ1n) is 9.98. The second kappa shape index (κ2) is 8.69. The molecule has 0 bridgehead atoms. The first-order valence-corrected chi connectivity index (χ1v) is 9.98. The highest BCUT2D eigenvalue weighted by atomic mass is 16.6. The molecular weight excluding hydrogens is 344 g/mol. The van der Waals surface area contributed by atoms with Gasteiger partial charge < -0.3 is 15.1 Å². The minimum absolute atomic E-state index is 0.0169. The zero-order chi connectivity index (χ0) is 19.4. The zero-order valence-electron chi connectivity index (χ0n) is 16.3. The number of nitrogens with zero attached hydrogens (tertiary/aromatic N) is 3. The Morgan fingerprint density at radius 1 is 1.22 bits per heavy atom.